The number of allylic oxidation sites excluding steroid dienone is 4. The Morgan fingerprint density at radius 3 is 2.21 bits per heavy atom. The number of carbonyl (C=O) groups is 2. The van der Waals surface area contributed by atoms with Crippen molar-refractivity contribution in [3.8, 4) is 0 Å². The van der Waals surface area contributed by atoms with Crippen molar-refractivity contribution in [2.75, 3.05) is 14.2 Å². The average Bonchev–Trinajstić information content (AvgIpc) is 2.91. The molecule has 1 fully saturated rings. The van der Waals surface area contributed by atoms with Crippen LogP contribution in [0.4, 0.5) is 0 Å². The van der Waals surface area contributed by atoms with Crippen LogP contribution in [0, 0.1) is 5.41 Å². The van der Waals surface area contributed by atoms with Crippen molar-refractivity contribution in [1.82, 2.24) is 0 Å². The smallest absolute Gasteiger partial charge is 0.323 e. The van der Waals surface area contributed by atoms with Crippen molar-refractivity contribution < 1.29 is 19.1 Å². The van der Waals surface area contributed by atoms with Gasteiger partial charge in [-0.3, -0.25) is 9.59 Å². The van der Waals surface area contributed by atoms with Crippen LogP contribution in [0.1, 0.15) is 25.3 Å². The Bertz CT molecular complexity index is 694. The third-order valence-corrected chi connectivity index (χ3v) is 4.21. The lowest BCUT2D eigenvalue weighted by atomic mass is 9.85. The Morgan fingerprint density at radius 2 is 1.67 bits per heavy atom. The molecule has 24 heavy (non-hydrogen) atoms. The van der Waals surface area contributed by atoms with Crippen LogP contribution in [-0.4, -0.2) is 26.2 Å². The summed E-state index contributed by atoms with van der Waals surface area (Å²) >= 11 is 0. The van der Waals surface area contributed by atoms with Gasteiger partial charge >= 0.3 is 11.9 Å². The zero-order valence-corrected chi connectivity index (χ0v) is 14.3. The first-order valence-electron chi connectivity index (χ1n) is 7.72. The summed E-state index contributed by atoms with van der Waals surface area (Å²) < 4.78 is 9.67. The van der Waals surface area contributed by atoms with E-state index in [1.807, 2.05) is 49.4 Å². The molecule has 0 saturated heterocycles. The van der Waals surface area contributed by atoms with Gasteiger partial charge in [0.05, 0.1) is 14.2 Å². The number of benzene rings is 1. The minimum Gasteiger partial charge on any atom is -0.468 e. The van der Waals surface area contributed by atoms with Gasteiger partial charge in [0, 0.05) is 0 Å². The summed E-state index contributed by atoms with van der Waals surface area (Å²) in [6, 6.07) is 9.93. The van der Waals surface area contributed by atoms with Crippen LogP contribution in [0.5, 0.6) is 0 Å². The van der Waals surface area contributed by atoms with E-state index < -0.39 is 17.4 Å². The fourth-order valence-corrected chi connectivity index (χ4v) is 3.03. The van der Waals surface area contributed by atoms with Crippen molar-refractivity contribution in [2.24, 2.45) is 5.41 Å². The van der Waals surface area contributed by atoms with E-state index in [9.17, 15) is 9.59 Å². The third-order valence-electron chi connectivity index (χ3n) is 4.21. The first-order chi connectivity index (χ1) is 11.4. The molecular weight excluding hydrogens is 304 g/mol. The van der Waals surface area contributed by atoms with Gasteiger partial charge in [-0.15, -0.1) is 0 Å². The molecule has 0 unspecified atom stereocenters. The number of hydrogen-bond acceptors (Lipinski definition) is 4. The maximum absolute atomic E-state index is 12.2. The number of esters is 2. The van der Waals surface area contributed by atoms with Crippen molar-refractivity contribution in [2.45, 2.75) is 19.8 Å². The minimum atomic E-state index is -1.32. The Labute approximate surface area is 142 Å². The second-order valence-electron chi connectivity index (χ2n) is 5.99. The molecule has 0 N–H and O–H groups in total. The van der Waals surface area contributed by atoms with E-state index in [1.54, 1.807) is 0 Å². The van der Waals surface area contributed by atoms with Crippen LogP contribution >= 0.6 is 0 Å². The number of hydrogen-bond donors (Lipinski definition) is 0. The predicted octanol–water partition coefficient (Wildman–Crippen LogP) is 3.70. The van der Waals surface area contributed by atoms with Gasteiger partial charge in [0.25, 0.3) is 0 Å². The van der Waals surface area contributed by atoms with Crippen molar-refractivity contribution in [3.05, 3.63) is 65.3 Å². The van der Waals surface area contributed by atoms with Crippen molar-refractivity contribution in [1.29, 1.82) is 0 Å². The summed E-state index contributed by atoms with van der Waals surface area (Å²) in [6.07, 6.45) is 4.46. The zero-order valence-electron chi connectivity index (χ0n) is 14.3. The highest BCUT2D eigenvalue weighted by Crippen LogP contribution is 2.46. The van der Waals surface area contributed by atoms with E-state index in [4.69, 9.17) is 9.47 Å². The summed E-state index contributed by atoms with van der Waals surface area (Å²) in [4.78, 5) is 24.4. The number of methoxy groups -OCH3 is 2. The first-order valence-corrected chi connectivity index (χ1v) is 7.72. The van der Waals surface area contributed by atoms with Gasteiger partial charge in [-0.2, -0.15) is 0 Å². The lowest BCUT2D eigenvalue weighted by Gasteiger charge is -2.21. The highest BCUT2D eigenvalue weighted by atomic mass is 16.5. The van der Waals surface area contributed by atoms with E-state index in [1.165, 1.54) is 14.2 Å². The summed E-state index contributed by atoms with van der Waals surface area (Å²) in [5, 5.41) is 0. The molecule has 0 amide bonds. The normalized spacial score (nSPS) is 18.5. The lowest BCUT2D eigenvalue weighted by Crippen LogP contribution is -2.38. The molecule has 1 aliphatic carbocycles. The quantitative estimate of drug-likeness (QED) is 0.625. The monoisotopic (exact) mass is 326 g/mol. The third kappa shape index (κ3) is 3.48. The second kappa shape index (κ2) is 7.30. The fourth-order valence-electron chi connectivity index (χ4n) is 3.03. The van der Waals surface area contributed by atoms with Gasteiger partial charge in [-0.25, -0.2) is 0 Å². The molecule has 0 aromatic heterocycles. The van der Waals surface area contributed by atoms with Crippen molar-refractivity contribution >= 4 is 18.0 Å². The molecule has 0 radical (unpaired) electrons. The molecule has 0 bridgehead atoms. The molecule has 1 aromatic rings. The molecule has 0 aliphatic heterocycles. The van der Waals surface area contributed by atoms with Gasteiger partial charge in [-0.05, 0) is 30.9 Å². The summed E-state index contributed by atoms with van der Waals surface area (Å²) in [7, 11) is 2.55. The van der Waals surface area contributed by atoms with Crippen LogP contribution in [-0.2, 0) is 19.1 Å². The molecule has 4 nitrogen and oxygen atoms in total. The van der Waals surface area contributed by atoms with Gasteiger partial charge in [0.1, 0.15) is 0 Å². The SMILES string of the molecule is C=C1CC(C(=O)OC)(C(=O)OC)C/C1=C/C(C)=C\c1ccccc1. The highest BCUT2D eigenvalue weighted by Gasteiger charge is 2.53. The zero-order chi connectivity index (χ0) is 17.7. The molecule has 126 valence electrons. The minimum absolute atomic E-state index is 0.219. The van der Waals surface area contributed by atoms with Crippen molar-refractivity contribution in [3.63, 3.8) is 0 Å². The van der Waals surface area contributed by atoms with Gasteiger partial charge < -0.3 is 9.47 Å². The van der Waals surface area contributed by atoms with E-state index in [-0.39, 0.29) is 12.8 Å². The summed E-state index contributed by atoms with van der Waals surface area (Å²) in [5.41, 5.74) is 2.41. The molecule has 4 heteroatoms. The first kappa shape index (κ1) is 17.7. The summed E-state index contributed by atoms with van der Waals surface area (Å²) in [6.45, 7) is 5.99. The molecule has 0 atom stereocenters. The largest absolute Gasteiger partial charge is 0.468 e. The van der Waals surface area contributed by atoms with Gasteiger partial charge in [-0.1, -0.05) is 60.2 Å². The topological polar surface area (TPSA) is 52.6 Å². The molecule has 0 spiro atoms. The Kier molecular flexibility index (Phi) is 5.39. The van der Waals surface area contributed by atoms with Crippen LogP contribution in [0.25, 0.3) is 6.08 Å². The van der Waals surface area contributed by atoms with Gasteiger partial charge in [0.15, 0.2) is 5.41 Å². The average molecular weight is 326 g/mol. The second-order valence-corrected chi connectivity index (χ2v) is 5.99. The van der Waals surface area contributed by atoms with Gasteiger partial charge in [0.2, 0.25) is 0 Å². The van der Waals surface area contributed by atoms with E-state index in [2.05, 4.69) is 6.58 Å². The molecule has 1 aromatic carbocycles. The van der Waals surface area contributed by atoms with Crippen LogP contribution < -0.4 is 0 Å². The highest BCUT2D eigenvalue weighted by molar-refractivity contribution is 6.02. The lowest BCUT2D eigenvalue weighted by molar-refractivity contribution is -0.168. The van der Waals surface area contributed by atoms with E-state index >= 15 is 0 Å². The molecule has 0 heterocycles. The number of ether oxygens (including phenoxy) is 2. The van der Waals surface area contributed by atoms with Crippen LogP contribution in [0.3, 0.4) is 0 Å². The Hall–Kier alpha value is -2.62. The number of rotatable bonds is 4. The Morgan fingerprint density at radius 1 is 1.08 bits per heavy atom. The summed E-state index contributed by atoms with van der Waals surface area (Å²) in [5.74, 6) is -1.16. The van der Waals surface area contributed by atoms with Crippen LogP contribution in [0.2, 0.25) is 0 Å². The maximum atomic E-state index is 12.2. The predicted molar refractivity (Wildman–Crippen MR) is 93.0 cm³/mol. The Balaban J connectivity index is 2.32. The number of carbonyl (C=O) groups excluding carboxylic acids is 2. The molecule has 2 rings (SSSR count). The molecule has 1 saturated carbocycles. The molecular formula is C20H22O4. The fraction of sp³-hybridized carbons (Fsp3) is 0.300. The molecule has 1 aliphatic rings. The standard InChI is InChI=1S/C20H22O4/c1-14(10-16-8-6-5-7-9-16)11-17-13-20(12-15(17)2,18(21)23-3)19(22)24-4/h5-11H,2,12-13H2,1,3-4H3/b14-10-,17-11-. The van der Waals surface area contributed by atoms with E-state index in [0.717, 1.165) is 22.3 Å². The van der Waals surface area contributed by atoms with E-state index in [0.29, 0.717) is 0 Å². The maximum Gasteiger partial charge on any atom is 0.323 e. The van der Waals surface area contributed by atoms with Crippen LogP contribution in [0.15, 0.2) is 59.7 Å².